The number of aliphatic hydroxyl groups is 1. The van der Waals surface area contributed by atoms with Crippen molar-refractivity contribution in [2.75, 3.05) is 25.9 Å². The third-order valence-electron chi connectivity index (χ3n) is 8.50. The monoisotopic (exact) mass is 772 g/mol. The fourth-order valence-corrected chi connectivity index (χ4v) is 6.32. The molecular weight excluding hydrogens is 730 g/mol. The minimum Gasteiger partial charge on any atom is -0.380 e. The van der Waals surface area contributed by atoms with E-state index < -0.39 is 37.6 Å². The number of aromatic nitrogens is 2. The van der Waals surface area contributed by atoms with E-state index >= 15 is 0 Å². The van der Waals surface area contributed by atoms with Crippen LogP contribution in [0.5, 0.6) is 0 Å². The van der Waals surface area contributed by atoms with Crippen molar-refractivity contribution in [3.63, 3.8) is 0 Å². The van der Waals surface area contributed by atoms with E-state index in [-0.39, 0.29) is 16.3 Å². The first-order valence-electron chi connectivity index (χ1n) is 16.7. The van der Waals surface area contributed by atoms with Crippen molar-refractivity contribution in [1.82, 2.24) is 14.7 Å². The fraction of sp³-hybridized carbons (Fsp3) is 0.289. The van der Waals surface area contributed by atoms with Crippen molar-refractivity contribution in [3.8, 4) is 16.9 Å². The molecule has 53 heavy (non-hydrogen) atoms. The van der Waals surface area contributed by atoms with Crippen LogP contribution in [0.2, 0.25) is 0 Å². The first-order chi connectivity index (χ1) is 24.8. The van der Waals surface area contributed by atoms with Crippen molar-refractivity contribution in [2.24, 2.45) is 5.14 Å². The molecule has 6 rings (SSSR count). The SMILES string of the molecule is CS(=O)(=O)O.Cc1ccc(-c2cc(C(F)(F)F)nn2-c2ccc(S(N)(=O)=O)cc2)cc1.OC(CCN1CCCCC1)(c1ccccc1)c1ccccc1. The Morgan fingerprint density at radius 3 is 1.72 bits per heavy atom. The molecule has 4 aromatic carbocycles. The molecule has 1 aromatic heterocycles. The van der Waals surface area contributed by atoms with Crippen molar-refractivity contribution < 1.29 is 39.7 Å². The zero-order chi connectivity index (χ0) is 38.9. The molecule has 4 N–H and O–H groups in total. The fourth-order valence-electron chi connectivity index (χ4n) is 5.81. The number of hydrogen-bond donors (Lipinski definition) is 3. The lowest BCUT2D eigenvalue weighted by Crippen LogP contribution is -2.36. The van der Waals surface area contributed by atoms with Crippen LogP contribution in [0.15, 0.2) is 120 Å². The Balaban J connectivity index is 0.000000212. The van der Waals surface area contributed by atoms with E-state index in [1.165, 1.54) is 56.6 Å². The van der Waals surface area contributed by atoms with Gasteiger partial charge < -0.3 is 10.0 Å². The summed E-state index contributed by atoms with van der Waals surface area (Å²) in [5, 5.41) is 20.2. The summed E-state index contributed by atoms with van der Waals surface area (Å²) in [7, 11) is -7.56. The largest absolute Gasteiger partial charge is 0.435 e. The van der Waals surface area contributed by atoms with Gasteiger partial charge in [0.1, 0.15) is 5.60 Å². The highest BCUT2D eigenvalue weighted by Gasteiger charge is 2.35. The molecule has 1 fully saturated rings. The van der Waals surface area contributed by atoms with Crippen molar-refractivity contribution in [3.05, 3.63) is 138 Å². The molecule has 15 heteroatoms. The molecule has 0 unspecified atom stereocenters. The minimum absolute atomic E-state index is 0.138. The summed E-state index contributed by atoms with van der Waals surface area (Å²) in [5.41, 5.74) is 2.06. The van der Waals surface area contributed by atoms with E-state index in [0.717, 1.165) is 40.4 Å². The second kappa shape index (κ2) is 17.6. The van der Waals surface area contributed by atoms with Crippen LogP contribution < -0.4 is 5.14 Å². The molecule has 0 spiro atoms. The standard InChI is InChI=1S/C20H25NO.C17H14F3N3O2S.CH4O3S/c22-20(18-10-4-1-5-11-18,19-12-6-2-7-13-19)14-17-21-15-8-3-9-16-21;1-11-2-4-12(5-3-11)15-10-16(17(18,19)20)22-23(15)13-6-8-14(9-7-13)26(21,24)25;1-5(2,3)4/h1-2,4-7,10-13,22H,3,8-9,14-17H2;2-10H,1H3,(H2,21,24,25);1H3,(H,2,3,4). The van der Waals surface area contributed by atoms with Gasteiger partial charge in [-0.1, -0.05) is 96.9 Å². The molecule has 5 aromatic rings. The van der Waals surface area contributed by atoms with Crippen LogP contribution in [-0.2, 0) is 31.9 Å². The molecule has 0 radical (unpaired) electrons. The van der Waals surface area contributed by atoms with Gasteiger partial charge in [0.15, 0.2) is 5.69 Å². The molecule has 284 valence electrons. The number of nitrogens with zero attached hydrogens (tertiary/aromatic N) is 3. The number of aryl methyl sites for hydroxylation is 1. The Kier molecular flexibility index (Phi) is 13.8. The molecule has 0 amide bonds. The highest BCUT2D eigenvalue weighted by molar-refractivity contribution is 7.89. The molecule has 0 aliphatic carbocycles. The zero-order valence-corrected chi connectivity index (χ0v) is 30.9. The van der Waals surface area contributed by atoms with Gasteiger partial charge in [-0.25, -0.2) is 18.2 Å². The van der Waals surface area contributed by atoms with Gasteiger partial charge in [0.05, 0.1) is 22.5 Å². The van der Waals surface area contributed by atoms with E-state index in [4.69, 9.17) is 9.69 Å². The van der Waals surface area contributed by atoms with E-state index in [9.17, 15) is 35.1 Å². The Hall–Kier alpha value is -4.38. The van der Waals surface area contributed by atoms with Crippen molar-refractivity contribution in [2.45, 2.75) is 49.3 Å². The predicted molar refractivity (Wildman–Crippen MR) is 198 cm³/mol. The molecule has 1 saturated heterocycles. The van der Waals surface area contributed by atoms with Crippen LogP contribution in [0.4, 0.5) is 13.2 Å². The number of piperidine rings is 1. The summed E-state index contributed by atoms with van der Waals surface area (Å²) < 4.78 is 89.1. The van der Waals surface area contributed by atoms with Gasteiger partial charge in [-0.15, -0.1) is 0 Å². The van der Waals surface area contributed by atoms with Crippen LogP contribution in [0.25, 0.3) is 16.9 Å². The number of likely N-dealkylation sites (tertiary alicyclic amines) is 1. The molecule has 1 aliphatic rings. The maximum Gasteiger partial charge on any atom is 0.435 e. The first-order valence-corrected chi connectivity index (χ1v) is 20.1. The van der Waals surface area contributed by atoms with Gasteiger partial charge >= 0.3 is 6.18 Å². The first kappa shape index (κ1) is 41.4. The molecule has 10 nitrogen and oxygen atoms in total. The van der Waals surface area contributed by atoms with E-state index in [1.54, 1.807) is 24.3 Å². The van der Waals surface area contributed by atoms with Crippen LogP contribution in [0.3, 0.4) is 0 Å². The number of hydrogen-bond acceptors (Lipinski definition) is 7. The second-order valence-electron chi connectivity index (χ2n) is 12.7. The summed E-state index contributed by atoms with van der Waals surface area (Å²) in [5.74, 6) is 0. The van der Waals surface area contributed by atoms with Crippen LogP contribution >= 0.6 is 0 Å². The van der Waals surface area contributed by atoms with E-state index in [2.05, 4.69) is 10.00 Å². The summed E-state index contributed by atoms with van der Waals surface area (Å²) in [4.78, 5) is 2.35. The average Bonchev–Trinajstić information content (AvgIpc) is 3.58. The maximum absolute atomic E-state index is 13.1. The number of primary sulfonamides is 1. The van der Waals surface area contributed by atoms with E-state index in [0.29, 0.717) is 11.8 Å². The lowest BCUT2D eigenvalue weighted by atomic mass is 9.83. The summed E-state index contributed by atoms with van der Waals surface area (Å²) in [6, 6.07) is 33.2. The smallest absolute Gasteiger partial charge is 0.380 e. The van der Waals surface area contributed by atoms with E-state index in [1.807, 2.05) is 67.6 Å². The minimum atomic E-state index is -4.61. The molecule has 0 bridgehead atoms. The van der Waals surface area contributed by atoms with Gasteiger partial charge in [-0.05, 0) is 80.7 Å². The third-order valence-corrected chi connectivity index (χ3v) is 9.43. The quantitative estimate of drug-likeness (QED) is 0.145. The van der Waals surface area contributed by atoms with Gasteiger partial charge in [0.25, 0.3) is 10.1 Å². The van der Waals surface area contributed by atoms with Crippen LogP contribution in [0, 0.1) is 6.92 Å². The Morgan fingerprint density at radius 1 is 0.774 bits per heavy atom. The number of sulfonamides is 1. The second-order valence-corrected chi connectivity index (χ2v) is 15.7. The number of alkyl halides is 3. The summed E-state index contributed by atoms with van der Waals surface area (Å²) >= 11 is 0. The number of nitrogens with two attached hydrogens (primary N) is 1. The Morgan fingerprint density at radius 2 is 1.26 bits per heavy atom. The molecule has 1 aliphatic heterocycles. The lowest BCUT2D eigenvalue weighted by Gasteiger charge is -2.33. The normalized spacial score (nSPS) is 14.0. The maximum atomic E-state index is 13.1. The number of benzene rings is 4. The zero-order valence-electron chi connectivity index (χ0n) is 29.3. The lowest BCUT2D eigenvalue weighted by molar-refractivity contribution is -0.141. The highest BCUT2D eigenvalue weighted by Crippen LogP contribution is 2.35. The molecular formula is C38H43F3N4O6S2. The van der Waals surface area contributed by atoms with Gasteiger partial charge in [-0.3, -0.25) is 4.55 Å². The highest BCUT2D eigenvalue weighted by atomic mass is 32.2. The van der Waals surface area contributed by atoms with Crippen LogP contribution in [0.1, 0.15) is 48.1 Å². The number of halogens is 3. The van der Waals surface area contributed by atoms with Gasteiger partial charge in [-0.2, -0.15) is 26.7 Å². The predicted octanol–water partition coefficient (Wildman–Crippen LogP) is 6.82. The Bertz CT molecular complexity index is 2070. The summed E-state index contributed by atoms with van der Waals surface area (Å²) in [6.07, 6.45) is 0.765. The summed E-state index contributed by atoms with van der Waals surface area (Å²) in [6.45, 7) is 5.15. The topological polar surface area (TPSA) is 156 Å². The molecule has 2 heterocycles. The number of rotatable bonds is 8. The third kappa shape index (κ3) is 12.3. The van der Waals surface area contributed by atoms with Gasteiger partial charge in [0, 0.05) is 12.1 Å². The van der Waals surface area contributed by atoms with Crippen LogP contribution in [-0.4, -0.2) is 67.1 Å². The average molecular weight is 773 g/mol. The van der Waals surface area contributed by atoms with Crippen molar-refractivity contribution in [1.29, 1.82) is 0 Å². The molecule has 0 saturated carbocycles. The van der Waals surface area contributed by atoms with Gasteiger partial charge in [0.2, 0.25) is 10.0 Å². The van der Waals surface area contributed by atoms with Crippen molar-refractivity contribution >= 4 is 20.1 Å². The molecule has 0 atom stereocenters. The Labute approximate surface area is 308 Å².